The molecule has 1 amide bonds. The Kier molecular flexibility index (Phi) is 6.47. The summed E-state index contributed by atoms with van der Waals surface area (Å²) in [7, 11) is 5.49. The first kappa shape index (κ1) is 20.5. The summed E-state index contributed by atoms with van der Waals surface area (Å²) in [5.41, 5.74) is 2.49. The van der Waals surface area contributed by atoms with Crippen molar-refractivity contribution in [3.63, 3.8) is 0 Å². The van der Waals surface area contributed by atoms with Crippen LogP contribution in [0.3, 0.4) is 0 Å². The summed E-state index contributed by atoms with van der Waals surface area (Å²) >= 11 is 0. The van der Waals surface area contributed by atoms with Crippen LogP contribution >= 0.6 is 0 Å². The predicted molar refractivity (Wildman–Crippen MR) is 116 cm³/mol. The lowest BCUT2D eigenvalue weighted by Crippen LogP contribution is -2.50. The number of guanidine groups is 1. The summed E-state index contributed by atoms with van der Waals surface area (Å²) < 4.78 is 0. The van der Waals surface area contributed by atoms with Crippen LogP contribution < -0.4 is 15.5 Å². The number of hydrogen-bond donors (Lipinski definition) is 2. The molecule has 1 aliphatic carbocycles. The number of carbonyl (C=O) groups excluding carboxylic acids is 1. The molecule has 6 nitrogen and oxygen atoms in total. The smallest absolute Gasteiger partial charge is 0.230 e. The lowest BCUT2D eigenvalue weighted by atomic mass is 9.84. The number of fused-ring (bicyclic) bond motifs is 1. The van der Waals surface area contributed by atoms with Gasteiger partial charge < -0.3 is 20.4 Å². The van der Waals surface area contributed by atoms with Gasteiger partial charge in [-0.1, -0.05) is 31.0 Å². The van der Waals surface area contributed by atoms with Gasteiger partial charge in [0.25, 0.3) is 0 Å². The van der Waals surface area contributed by atoms with Crippen molar-refractivity contribution in [3.8, 4) is 0 Å². The normalized spacial score (nSPS) is 20.8. The number of nitrogens with zero attached hydrogens (tertiary/aromatic N) is 3. The summed E-state index contributed by atoms with van der Waals surface area (Å²) in [4.78, 5) is 21.3. The highest BCUT2D eigenvalue weighted by molar-refractivity contribution is 5.85. The van der Waals surface area contributed by atoms with Crippen LogP contribution in [0.5, 0.6) is 0 Å². The van der Waals surface area contributed by atoms with Crippen molar-refractivity contribution < 1.29 is 4.79 Å². The number of anilines is 1. The zero-order valence-corrected chi connectivity index (χ0v) is 17.8. The van der Waals surface area contributed by atoms with Crippen LogP contribution in [0.4, 0.5) is 5.69 Å². The van der Waals surface area contributed by atoms with Gasteiger partial charge in [0.15, 0.2) is 5.96 Å². The van der Waals surface area contributed by atoms with Crippen molar-refractivity contribution in [1.29, 1.82) is 0 Å². The summed E-state index contributed by atoms with van der Waals surface area (Å²) in [6, 6.07) is 9.19. The number of hydrogen-bond acceptors (Lipinski definition) is 3. The fourth-order valence-corrected chi connectivity index (χ4v) is 4.73. The van der Waals surface area contributed by atoms with E-state index >= 15 is 0 Å². The molecular weight excluding hydrogens is 350 g/mol. The maximum absolute atomic E-state index is 12.7. The number of benzene rings is 1. The van der Waals surface area contributed by atoms with E-state index < -0.39 is 0 Å². The number of nitrogens with one attached hydrogen (secondary N) is 2. The van der Waals surface area contributed by atoms with E-state index in [0.717, 1.165) is 51.2 Å². The van der Waals surface area contributed by atoms with E-state index in [4.69, 9.17) is 0 Å². The van der Waals surface area contributed by atoms with Gasteiger partial charge >= 0.3 is 0 Å². The maximum Gasteiger partial charge on any atom is 0.230 e. The molecule has 1 aliphatic heterocycles. The molecule has 0 spiro atoms. The van der Waals surface area contributed by atoms with Crippen LogP contribution in [0, 0.1) is 5.41 Å². The van der Waals surface area contributed by atoms with Crippen LogP contribution in [-0.2, 0) is 11.2 Å². The van der Waals surface area contributed by atoms with Crippen molar-refractivity contribution in [2.75, 3.05) is 45.7 Å². The van der Waals surface area contributed by atoms with Gasteiger partial charge in [-0.15, -0.1) is 0 Å². The van der Waals surface area contributed by atoms with Crippen molar-refractivity contribution >= 4 is 17.6 Å². The Morgan fingerprint density at radius 3 is 2.64 bits per heavy atom. The SMILES string of the molecule is CN=C(NCCN1c2ccccc2CC1C)NCC1(C(=O)N(C)C)CCCC1. The van der Waals surface area contributed by atoms with E-state index in [9.17, 15) is 4.79 Å². The highest BCUT2D eigenvalue weighted by atomic mass is 16.2. The molecule has 1 saturated carbocycles. The van der Waals surface area contributed by atoms with Crippen molar-refractivity contribution in [3.05, 3.63) is 29.8 Å². The minimum absolute atomic E-state index is 0.232. The molecular formula is C22H35N5O. The van der Waals surface area contributed by atoms with E-state index in [1.165, 1.54) is 11.3 Å². The first-order chi connectivity index (χ1) is 13.5. The second-order valence-corrected chi connectivity index (χ2v) is 8.41. The molecule has 1 fully saturated rings. The minimum Gasteiger partial charge on any atom is -0.367 e. The standard InChI is InChI=1S/C22H35N5O/c1-17-15-18-9-5-6-10-19(18)27(17)14-13-24-21(23-2)25-16-22(11-7-8-12-22)20(28)26(3)4/h5-6,9-10,17H,7-8,11-16H2,1-4H3,(H2,23,24,25). The summed E-state index contributed by atoms with van der Waals surface area (Å²) in [6.07, 6.45) is 5.27. The quantitative estimate of drug-likeness (QED) is 0.582. The monoisotopic (exact) mass is 385 g/mol. The second kappa shape index (κ2) is 8.84. The van der Waals surface area contributed by atoms with Gasteiger partial charge in [0, 0.05) is 52.5 Å². The highest BCUT2D eigenvalue weighted by Gasteiger charge is 2.42. The average molecular weight is 386 g/mol. The van der Waals surface area contributed by atoms with Gasteiger partial charge in [0.2, 0.25) is 5.91 Å². The third-order valence-electron chi connectivity index (χ3n) is 6.23. The van der Waals surface area contributed by atoms with Crippen LogP contribution in [0.15, 0.2) is 29.3 Å². The number of rotatable bonds is 6. The molecule has 0 aromatic heterocycles. The molecule has 6 heteroatoms. The minimum atomic E-state index is -0.288. The first-order valence-corrected chi connectivity index (χ1v) is 10.5. The van der Waals surface area contributed by atoms with Gasteiger partial charge in [-0.25, -0.2) is 0 Å². The molecule has 1 atom stereocenters. The zero-order chi connectivity index (χ0) is 20.1. The number of carbonyl (C=O) groups is 1. The van der Waals surface area contributed by atoms with Crippen molar-refractivity contribution in [1.82, 2.24) is 15.5 Å². The van der Waals surface area contributed by atoms with Gasteiger partial charge in [-0.05, 0) is 37.8 Å². The topological polar surface area (TPSA) is 60.0 Å². The number of para-hydroxylation sites is 1. The largest absolute Gasteiger partial charge is 0.367 e. The molecule has 2 aliphatic rings. The molecule has 1 heterocycles. The van der Waals surface area contributed by atoms with E-state index in [-0.39, 0.29) is 11.3 Å². The lowest BCUT2D eigenvalue weighted by Gasteiger charge is -2.31. The van der Waals surface area contributed by atoms with Crippen molar-refractivity contribution in [2.45, 2.75) is 45.1 Å². The highest BCUT2D eigenvalue weighted by Crippen LogP contribution is 2.39. The third-order valence-corrected chi connectivity index (χ3v) is 6.23. The van der Waals surface area contributed by atoms with Gasteiger partial charge in [0.05, 0.1) is 5.41 Å². The molecule has 1 aromatic carbocycles. The molecule has 28 heavy (non-hydrogen) atoms. The fraction of sp³-hybridized carbons (Fsp3) is 0.636. The van der Waals surface area contributed by atoms with E-state index in [2.05, 4.69) is 51.7 Å². The van der Waals surface area contributed by atoms with Gasteiger partial charge in [-0.2, -0.15) is 0 Å². The van der Waals surface area contributed by atoms with E-state index in [1.54, 1.807) is 11.9 Å². The Balaban J connectivity index is 1.52. The number of amides is 1. The average Bonchev–Trinajstić information content (AvgIpc) is 3.29. The van der Waals surface area contributed by atoms with Crippen LogP contribution in [0.1, 0.15) is 38.2 Å². The van der Waals surface area contributed by atoms with Crippen molar-refractivity contribution in [2.24, 2.45) is 10.4 Å². The Labute approximate surface area is 169 Å². The first-order valence-electron chi connectivity index (χ1n) is 10.5. The van der Waals surface area contributed by atoms with Crippen LogP contribution in [0.2, 0.25) is 0 Å². The molecule has 0 bridgehead atoms. The molecule has 0 saturated heterocycles. The zero-order valence-electron chi connectivity index (χ0n) is 17.8. The molecule has 0 radical (unpaired) electrons. The summed E-state index contributed by atoms with van der Waals surface area (Å²) in [5.74, 6) is 1.01. The van der Waals surface area contributed by atoms with Gasteiger partial charge in [-0.3, -0.25) is 9.79 Å². The molecule has 3 rings (SSSR count). The van der Waals surface area contributed by atoms with Crippen LogP contribution in [0.25, 0.3) is 0 Å². The Morgan fingerprint density at radius 1 is 1.25 bits per heavy atom. The molecule has 2 N–H and O–H groups in total. The Morgan fingerprint density at radius 2 is 1.96 bits per heavy atom. The predicted octanol–water partition coefficient (Wildman–Crippen LogP) is 2.25. The maximum atomic E-state index is 12.7. The van der Waals surface area contributed by atoms with E-state index in [0.29, 0.717) is 12.6 Å². The Hall–Kier alpha value is -2.24. The lowest BCUT2D eigenvalue weighted by molar-refractivity contribution is -0.138. The third kappa shape index (κ3) is 4.26. The molecule has 1 aromatic rings. The summed E-state index contributed by atoms with van der Waals surface area (Å²) in [5, 5.41) is 6.85. The van der Waals surface area contributed by atoms with Crippen LogP contribution in [-0.4, -0.2) is 63.6 Å². The Bertz CT molecular complexity index is 709. The van der Waals surface area contributed by atoms with Gasteiger partial charge in [0.1, 0.15) is 0 Å². The second-order valence-electron chi connectivity index (χ2n) is 8.41. The summed E-state index contributed by atoms with van der Waals surface area (Å²) in [6.45, 7) is 4.67. The fourth-order valence-electron chi connectivity index (χ4n) is 4.73. The molecule has 154 valence electrons. The number of aliphatic imine (C=N–C) groups is 1. The van der Waals surface area contributed by atoms with E-state index in [1.807, 2.05) is 14.1 Å². The molecule has 1 unspecified atom stereocenters.